The summed E-state index contributed by atoms with van der Waals surface area (Å²) in [7, 11) is 0. The summed E-state index contributed by atoms with van der Waals surface area (Å²) in [5, 5.41) is 3.49. The van der Waals surface area contributed by atoms with Gasteiger partial charge in [0.25, 0.3) is 0 Å². The Morgan fingerprint density at radius 3 is 3.00 bits per heavy atom. The quantitative estimate of drug-likeness (QED) is 0.704. The minimum absolute atomic E-state index is 0.140. The third-order valence-corrected chi connectivity index (χ3v) is 1.86. The number of hydrogen-bond donors (Lipinski definition) is 1. The summed E-state index contributed by atoms with van der Waals surface area (Å²) in [6.07, 6.45) is 0.790. The Kier molecular flexibility index (Phi) is 2.98. The molecule has 0 bridgehead atoms. The highest BCUT2D eigenvalue weighted by Gasteiger charge is 2.14. The zero-order valence-corrected chi connectivity index (χ0v) is 7.43. The lowest BCUT2D eigenvalue weighted by atomic mass is 10.5. The van der Waals surface area contributed by atoms with E-state index in [1.165, 1.54) is 0 Å². The van der Waals surface area contributed by atoms with E-state index in [-0.39, 0.29) is 10.7 Å². The molecule has 0 saturated carbocycles. The molecule has 1 aromatic heterocycles. The molecule has 1 aromatic rings. The van der Waals surface area contributed by atoms with Crippen molar-refractivity contribution in [1.29, 1.82) is 0 Å². The number of hydrogen-bond acceptors (Lipinski definition) is 6. The third kappa shape index (κ3) is 1.91. The second-order valence-electron chi connectivity index (χ2n) is 2.12. The average molecular weight is 187 g/mol. The summed E-state index contributed by atoms with van der Waals surface area (Å²) in [5.74, 6) is -0.301. The van der Waals surface area contributed by atoms with Crippen LogP contribution in [-0.4, -0.2) is 22.2 Å². The molecule has 0 spiro atoms. The minimum atomic E-state index is -0.440. The van der Waals surface area contributed by atoms with Gasteiger partial charge in [-0.1, -0.05) is 11.4 Å². The first kappa shape index (κ1) is 8.92. The van der Waals surface area contributed by atoms with Crippen molar-refractivity contribution in [3.63, 3.8) is 0 Å². The largest absolute Gasteiger partial charge is 0.461 e. The van der Waals surface area contributed by atoms with Crippen LogP contribution >= 0.6 is 11.5 Å². The molecule has 6 heteroatoms. The molecular formula is C6H9N3O2S. The van der Waals surface area contributed by atoms with E-state index in [9.17, 15) is 4.79 Å². The standard InChI is InChI=1S/C6H9N3O2S/c1-2-3-11-6(10)4-5(7)8-9-12-4/h2-3,7H2,1H3. The van der Waals surface area contributed by atoms with Crippen molar-refractivity contribution < 1.29 is 9.53 Å². The van der Waals surface area contributed by atoms with Gasteiger partial charge in [-0.05, 0) is 18.0 Å². The minimum Gasteiger partial charge on any atom is -0.461 e. The molecule has 12 heavy (non-hydrogen) atoms. The lowest BCUT2D eigenvalue weighted by molar-refractivity contribution is 0.0512. The van der Waals surface area contributed by atoms with Crippen molar-refractivity contribution in [2.75, 3.05) is 12.3 Å². The van der Waals surface area contributed by atoms with Crippen molar-refractivity contribution in [1.82, 2.24) is 9.59 Å². The Morgan fingerprint density at radius 2 is 2.50 bits per heavy atom. The van der Waals surface area contributed by atoms with Crippen molar-refractivity contribution in [2.24, 2.45) is 0 Å². The molecule has 0 aliphatic carbocycles. The Morgan fingerprint density at radius 1 is 1.75 bits per heavy atom. The number of esters is 1. The summed E-state index contributed by atoms with van der Waals surface area (Å²) in [5.41, 5.74) is 5.35. The van der Waals surface area contributed by atoms with Gasteiger partial charge in [-0.2, -0.15) is 0 Å². The van der Waals surface area contributed by atoms with Gasteiger partial charge in [0.05, 0.1) is 6.61 Å². The maximum atomic E-state index is 11.1. The molecule has 0 aliphatic rings. The second kappa shape index (κ2) is 4.01. The van der Waals surface area contributed by atoms with Gasteiger partial charge in [0.1, 0.15) is 0 Å². The normalized spacial score (nSPS) is 9.75. The molecule has 1 rings (SSSR count). The van der Waals surface area contributed by atoms with Gasteiger partial charge in [0.15, 0.2) is 10.7 Å². The highest BCUT2D eigenvalue weighted by molar-refractivity contribution is 7.08. The molecule has 2 N–H and O–H groups in total. The molecule has 1 heterocycles. The molecule has 0 aliphatic heterocycles. The van der Waals surface area contributed by atoms with Gasteiger partial charge in [-0.25, -0.2) is 4.79 Å². The number of rotatable bonds is 3. The van der Waals surface area contributed by atoms with Crippen LogP contribution in [0.15, 0.2) is 0 Å². The predicted molar refractivity (Wildman–Crippen MR) is 44.9 cm³/mol. The first-order chi connectivity index (χ1) is 5.75. The maximum absolute atomic E-state index is 11.1. The van der Waals surface area contributed by atoms with Crippen LogP contribution in [0.1, 0.15) is 23.0 Å². The van der Waals surface area contributed by atoms with Crippen molar-refractivity contribution >= 4 is 23.3 Å². The number of aromatic nitrogens is 2. The highest BCUT2D eigenvalue weighted by Crippen LogP contribution is 2.13. The molecule has 0 amide bonds. The van der Waals surface area contributed by atoms with Crippen LogP contribution < -0.4 is 5.73 Å². The topological polar surface area (TPSA) is 78.1 Å². The smallest absolute Gasteiger partial charge is 0.353 e. The summed E-state index contributed by atoms with van der Waals surface area (Å²) in [4.78, 5) is 11.4. The summed E-state index contributed by atoms with van der Waals surface area (Å²) < 4.78 is 8.34. The second-order valence-corrected chi connectivity index (χ2v) is 2.88. The molecule has 0 saturated heterocycles. The Bertz CT molecular complexity index is 274. The van der Waals surface area contributed by atoms with Crippen LogP contribution in [0.3, 0.4) is 0 Å². The van der Waals surface area contributed by atoms with Gasteiger partial charge in [-0.15, -0.1) is 5.10 Å². The van der Waals surface area contributed by atoms with Crippen LogP contribution in [0.4, 0.5) is 5.82 Å². The van der Waals surface area contributed by atoms with E-state index in [0.717, 1.165) is 18.0 Å². The fourth-order valence-electron chi connectivity index (χ4n) is 0.600. The average Bonchev–Trinajstić information content (AvgIpc) is 2.47. The number of ether oxygens (including phenoxy) is 1. The molecule has 0 radical (unpaired) electrons. The van der Waals surface area contributed by atoms with Crippen LogP contribution in [0, 0.1) is 0 Å². The zero-order chi connectivity index (χ0) is 8.97. The fourth-order valence-corrected chi connectivity index (χ4v) is 1.08. The first-order valence-electron chi connectivity index (χ1n) is 3.50. The van der Waals surface area contributed by atoms with Gasteiger partial charge in [0.2, 0.25) is 0 Å². The Labute approximate surface area is 73.7 Å². The molecule has 66 valence electrons. The molecule has 0 atom stereocenters. The van der Waals surface area contributed by atoms with E-state index in [4.69, 9.17) is 10.5 Å². The van der Waals surface area contributed by atoms with E-state index in [1.807, 2.05) is 6.92 Å². The number of nitrogen functional groups attached to an aromatic ring is 1. The fraction of sp³-hybridized carbons (Fsp3) is 0.500. The van der Waals surface area contributed by atoms with Crippen molar-refractivity contribution in [2.45, 2.75) is 13.3 Å². The lowest BCUT2D eigenvalue weighted by Gasteiger charge is -1.98. The number of carbonyl (C=O) groups is 1. The number of nitrogens with two attached hydrogens (primary N) is 1. The van der Waals surface area contributed by atoms with Crippen LogP contribution in [-0.2, 0) is 4.74 Å². The summed E-state index contributed by atoms with van der Waals surface area (Å²) >= 11 is 0.947. The number of carbonyl (C=O) groups excluding carboxylic acids is 1. The van der Waals surface area contributed by atoms with E-state index in [0.29, 0.717) is 6.61 Å². The first-order valence-corrected chi connectivity index (χ1v) is 4.28. The molecule has 0 fully saturated rings. The van der Waals surface area contributed by atoms with Crippen LogP contribution in [0.5, 0.6) is 0 Å². The van der Waals surface area contributed by atoms with E-state index >= 15 is 0 Å². The van der Waals surface area contributed by atoms with Crippen molar-refractivity contribution in [3.05, 3.63) is 4.88 Å². The SMILES string of the molecule is CCCOC(=O)c1snnc1N. The van der Waals surface area contributed by atoms with Gasteiger partial charge in [0, 0.05) is 0 Å². The number of nitrogens with zero attached hydrogens (tertiary/aromatic N) is 2. The van der Waals surface area contributed by atoms with Crippen LogP contribution in [0.2, 0.25) is 0 Å². The van der Waals surface area contributed by atoms with Crippen LogP contribution in [0.25, 0.3) is 0 Å². The Balaban J connectivity index is 2.59. The molecule has 0 aromatic carbocycles. The highest BCUT2D eigenvalue weighted by atomic mass is 32.1. The Hall–Kier alpha value is -1.17. The number of anilines is 1. The molecule has 5 nitrogen and oxygen atoms in total. The lowest BCUT2D eigenvalue weighted by Crippen LogP contribution is -2.06. The molecule has 0 unspecified atom stereocenters. The maximum Gasteiger partial charge on any atom is 0.353 e. The van der Waals surface area contributed by atoms with Gasteiger partial charge < -0.3 is 10.5 Å². The zero-order valence-electron chi connectivity index (χ0n) is 6.61. The molecular weight excluding hydrogens is 178 g/mol. The van der Waals surface area contributed by atoms with Crippen molar-refractivity contribution in [3.8, 4) is 0 Å². The predicted octanol–water partition coefficient (Wildman–Crippen LogP) is 0.687. The third-order valence-electron chi connectivity index (χ3n) is 1.14. The van der Waals surface area contributed by atoms with E-state index in [2.05, 4.69) is 9.59 Å². The van der Waals surface area contributed by atoms with Gasteiger partial charge in [-0.3, -0.25) is 0 Å². The monoisotopic (exact) mass is 187 g/mol. The summed E-state index contributed by atoms with van der Waals surface area (Å²) in [6.45, 7) is 2.32. The van der Waals surface area contributed by atoms with E-state index in [1.54, 1.807) is 0 Å². The van der Waals surface area contributed by atoms with Gasteiger partial charge >= 0.3 is 5.97 Å². The summed E-state index contributed by atoms with van der Waals surface area (Å²) in [6, 6.07) is 0. The van der Waals surface area contributed by atoms with E-state index < -0.39 is 5.97 Å².